The van der Waals surface area contributed by atoms with E-state index in [0.29, 0.717) is 5.69 Å². The minimum absolute atomic E-state index is 0.677. The molecule has 0 fully saturated rings. The van der Waals surface area contributed by atoms with Crippen LogP contribution < -0.4 is 10.5 Å². The molecule has 0 atom stereocenters. The largest absolute Gasteiger partial charge is 0.457 e. The van der Waals surface area contributed by atoms with Gasteiger partial charge in [-0.1, -0.05) is 18.2 Å². The van der Waals surface area contributed by atoms with Crippen LogP contribution in [0.2, 0.25) is 0 Å². The summed E-state index contributed by atoms with van der Waals surface area (Å²) in [5, 5.41) is 8.89. The lowest BCUT2D eigenvalue weighted by atomic mass is 10.3. The summed E-state index contributed by atoms with van der Waals surface area (Å²) in [5.74, 6) is 1.57. The van der Waals surface area contributed by atoms with Crippen LogP contribution in [0, 0.1) is 0 Å². The van der Waals surface area contributed by atoms with Gasteiger partial charge in [0, 0.05) is 5.69 Å². The van der Waals surface area contributed by atoms with Crippen molar-refractivity contribution in [1.82, 2.24) is 15.0 Å². The van der Waals surface area contributed by atoms with Gasteiger partial charge in [0.15, 0.2) is 0 Å². The first-order valence-electron chi connectivity index (χ1n) is 7.24. The van der Waals surface area contributed by atoms with Crippen molar-refractivity contribution in [1.29, 1.82) is 0 Å². The monoisotopic (exact) mass is 302 g/mol. The minimum atomic E-state index is 0.677. The summed E-state index contributed by atoms with van der Waals surface area (Å²) in [7, 11) is 0. The smallest absolute Gasteiger partial charge is 0.127 e. The van der Waals surface area contributed by atoms with Gasteiger partial charge in [0.05, 0.1) is 5.69 Å². The Balaban J connectivity index is 1.61. The van der Waals surface area contributed by atoms with Crippen LogP contribution in [-0.4, -0.2) is 15.0 Å². The van der Waals surface area contributed by atoms with Crippen molar-refractivity contribution in [3.63, 3.8) is 0 Å². The number of hydrogen-bond donors (Lipinski definition) is 1. The zero-order chi connectivity index (χ0) is 15.6. The van der Waals surface area contributed by atoms with Crippen LogP contribution in [0.4, 0.5) is 5.69 Å². The Labute approximate surface area is 132 Å². The van der Waals surface area contributed by atoms with Crippen LogP contribution in [0.1, 0.15) is 0 Å². The van der Waals surface area contributed by atoms with E-state index < -0.39 is 0 Å². The zero-order valence-corrected chi connectivity index (χ0v) is 12.3. The number of nitrogen functional groups attached to an aromatic ring is 1. The van der Waals surface area contributed by atoms with E-state index >= 15 is 0 Å². The molecule has 4 aromatic rings. The topological polar surface area (TPSA) is 66.0 Å². The first-order valence-corrected chi connectivity index (χ1v) is 7.24. The predicted molar refractivity (Wildman–Crippen MR) is 89.8 cm³/mol. The Morgan fingerprint density at radius 3 is 2.22 bits per heavy atom. The molecule has 3 aromatic carbocycles. The molecule has 0 aliphatic rings. The van der Waals surface area contributed by atoms with Gasteiger partial charge in [-0.05, 0) is 54.6 Å². The van der Waals surface area contributed by atoms with Crippen LogP contribution in [-0.2, 0) is 0 Å². The first-order chi connectivity index (χ1) is 11.3. The van der Waals surface area contributed by atoms with E-state index in [-0.39, 0.29) is 0 Å². The summed E-state index contributed by atoms with van der Waals surface area (Å²) < 4.78 is 5.78. The van der Waals surface area contributed by atoms with Crippen LogP contribution >= 0.6 is 0 Å². The summed E-state index contributed by atoms with van der Waals surface area (Å²) in [5.41, 5.74) is 8.89. The molecule has 1 aromatic heterocycles. The summed E-state index contributed by atoms with van der Waals surface area (Å²) in [6.45, 7) is 0. The molecule has 112 valence electrons. The molecule has 23 heavy (non-hydrogen) atoms. The molecule has 2 N–H and O–H groups in total. The highest BCUT2D eigenvalue weighted by atomic mass is 16.5. The van der Waals surface area contributed by atoms with Crippen LogP contribution in [0.3, 0.4) is 0 Å². The Kier molecular flexibility index (Phi) is 3.16. The summed E-state index contributed by atoms with van der Waals surface area (Å²) in [6, 6.07) is 22.8. The van der Waals surface area contributed by atoms with E-state index in [4.69, 9.17) is 10.5 Å². The van der Waals surface area contributed by atoms with Crippen molar-refractivity contribution in [2.45, 2.75) is 0 Å². The molecule has 0 bridgehead atoms. The molecular weight excluding hydrogens is 288 g/mol. The fourth-order valence-electron chi connectivity index (χ4n) is 2.32. The standard InChI is InChI=1S/C18H14N4O/c19-13-6-11-17-18(12-13)21-22(20-17)14-7-9-16(10-8-14)23-15-4-2-1-3-5-15/h1-12H,19H2. The van der Waals surface area contributed by atoms with Crippen molar-refractivity contribution >= 4 is 16.7 Å². The van der Waals surface area contributed by atoms with E-state index in [0.717, 1.165) is 28.2 Å². The van der Waals surface area contributed by atoms with Gasteiger partial charge in [-0.3, -0.25) is 0 Å². The molecular formula is C18H14N4O. The van der Waals surface area contributed by atoms with Crippen LogP contribution in [0.25, 0.3) is 16.7 Å². The number of rotatable bonds is 3. The number of nitrogens with two attached hydrogens (primary N) is 1. The summed E-state index contributed by atoms with van der Waals surface area (Å²) in [4.78, 5) is 1.59. The molecule has 0 saturated heterocycles. The van der Waals surface area contributed by atoms with Gasteiger partial charge >= 0.3 is 0 Å². The second-order valence-corrected chi connectivity index (χ2v) is 5.15. The molecule has 5 heteroatoms. The molecule has 1 heterocycles. The molecule has 0 saturated carbocycles. The number of para-hydroxylation sites is 1. The van der Waals surface area contributed by atoms with E-state index in [9.17, 15) is 0 Å². The molecule has 0 aliphatic heterocycles. The van der Waals surface area contributed by atoms with Gasteiger partial charge < -0.3 is 10.5 Å². The van der Waals surface area contributed by atoms with Gasteiger partial charge in [0.2, 0.25) is 0 Å². The van der Waals surface area contributed by atoms with Crippen LogP contribution in [0.5, 0.6) is 11.5 Å². The minimum Gasteiger partial charge on any atom is -0.457 e. The number of hydrogen-bond acceptors (Lipinski definition) is 4. The molecule has 4 rings (SSSR count). The Morgan fingerprint density at radius 2 is 1.43 bits per heavy atom. The van der Waals surface area contributed by atoms with Gasteiger partial charge in [0.25, 0.3) is 0 Å². The maximum absolute atomic E-state index is 5.78. The Morgan fingerprint density at radius 1 is 0.739 bits per heavy atom. The lowest BCUT2D eigenvalue weighted by Gasteiger charge is -2.06. The highest BCUT2D eigenvalue weighted by Gasteiger charge is 2.05. The number of ether oxygens (including phenoxy) is 1. The lowest BCUT2D eigenvalue weighted by molar-refractivity contribution is 0.482. The van der Waals surface area contributed by atoms with Gasteiger partial charge in [0.1, 0.15) is 22.5 Å². The van der Waals surface area contributed by atoms with Gasteiger partial charge in [-0.25, -0.2) is 0 Å². The molecule has 0 aliphatic carbocycles. The van der Waals surface area contributed by atoms with E-state index in [1.54, 1.807) is 4.80 Å². The van der Waals surface area contributed by atoms with E-state index in [2.05, 4.69) is 10.2 Å². The summed E-state index contributed by atoms with van der Waals surface area (Å²) >= 11 is 0. The van der Waals surface area contributed by atoms with Crippen molar-refractivity contribution in [3.05, 3.63) is 72.8 Å². The second-order valence-electron chi connectivity index (χ2n) is 5.15. The maximum atomic E-state index is 5.78. The van der Waals surface area contributed by atoms with E-state index in [1.165, 1.54) is 0 Å². The average Bonchev–Trinajstić information content (AvgIpc) is 2.99. The Bertz CT molecular complexity index is 946. The molecule has 5 nitrogen and oxygen atoms in total. The maximum Gasteiger partial charge on any atom is 0.127 e. The Hall–Kier alpha value is -3.34. The number of benzene rings is 3. The lowest BCUT2D eigenvalue weighted by Crippen LogP contribution is -1.98. The molecule has 0 unspecified atom stereocenters. The van der Waals surface area contributed by atoms with Crippen molar-refractivity contribution < 1.29 is 4.74 Å². The summed E-state index contributed by atoms with van der Waals surface area (Å²) in [6.07, 6.45) is 0. The molecule has 0 amide bonds. The molecule has 0 radical (unpaired) electrons. The predicted octanol–water partition coefficient (Wildman–Crippen LogP) is 3.80. The zero-order valence-electron chi connectivity index (χ0n) is 12.3. The van der Waals surface area contributed by atoms with Crippen LogP contribution in [0.15, 0.2) is 72.8 Å². The highest BCUT2D eigenvalue weighted by molar-refractivity contribution is 5.77. The van der Waals surface area contributed by atoms with Crippen molar-refractivity contribution in [2.24, 2.45) is 0 Å². The fourth-order valence-corrected chi connectivity index (χ4v) is 2.32. The third kappa shape index (κ3) is 2.72. The third-order valence-corrected chi connectivity index (χ3v) is 3.45. The fraction of sp³-hybridized carbons (Fsp3) is 0. The van der Waals surface area contributed by atoms with Crippen molar-refractivity contribution in [3.8, 4) is 17.2 Å². The molecule has 0 spiro atoms. The second kappa shape index (κ2) is 5.46. The van der Waals surface area contributed by atoms with Gasteiger partial charge in [-0.2, -0.15) is 4.80 Å². The SMILES string of the molecule is Nc1ccc2nn(-c3ccc(Oc4ccccc4)cc3)nc2c1. The number of aromatic nitrogens is 3. The van der Waals surface area contributed by atoms with Gasteiger partial charge in [-0.15, -0.1) is 10.2 Å². The third-order valence-electron chi connectivity index (χ3n) is 3.45. The number of anilines is 1. The normalized spacial score (nSPS) is 10.8. The highest BCUT2D eigenvalue weighted by Crippen LogP contribution is 2.22. The quantitative estimate of drug-likeness (QED) is 0.585. The van der Waals surface area contributed by atoms with Crippen molar-refractivity contribution in [2.75, 3.05) is 5.73 Å². The van der Waals surface area contributed by atoms with E-state index in [1.807, 2.05) is 72.8 Å². The average molecular weight is 302 g/mol. The number of nitrogens with zero attached hydrogens (tertiary/aromatic N) is 3. The first kappa shape index (κ1) is 13.3. The number of fused-ring (bicyclic) bond motifs is 1.